The highest BCUT2D eigenvalue weighted by Gasteiger charge is 2.41. The molecule has 1 aromatic carbocycles. The standard InChI is InChI=1S/C23H27N3O4S/c1-15-5-6-19-18(12-15)22(29)25-14-23(30-19)8-7-20(27)26(10-9-23)16(2)21(28)24-13-17-4-3-11-31-17/h3-6,11-12,16H,7-10,13-14H2,1-2H3,(H,24,28)(H,25,29). The molecule has 1 saturated heterocycles. The van der Waals surface area contributed by atoms with Crippen LogP contribution in [0.4, 0.5) is 0 Å². The monoisotopic (exact) mass is 441 g/mol. The van der Waals surface area contributed by atoms with Gasteiger partial charge in [0, 0.05) is 24.3 Å². The summed E-state index contributed by atoms with van der Waals surface area (Å²) < 4.78 is 6.36. The fourth-order valence-corrected chi connectivity index (χ4v) is 4.78. The number of aryl methyl sites for hydroxylation is 1. The van der Waals surface area contributed by atoms with Crippen molar-refractivity contribution in [2.45, 2.75) is 51.3 Å². The summed E-state index contributed by atoms with van der Waals surface area (Å²) in [7, 11) is 0. The van der Waals surface area contributed by atoms with Crippen LogP contribution in [-0.4, -0.2) is 47.4 Å². The predicted octanol–water partition coefficient (Wildman–Crippen LogP) is 2.63. The van der Waals surface area contributed by atoms with Crippen molar-refractivity contribution < 1.29 is 19.1 Å². The fraction of sp³-hybridized carbons (Fsp3) is 0.435. The highest BCUT2D eigenvalue weighted by molar-refractivity contribution is 7.09. The molecule has 8 heteroatoms. The highest BCUT2D eigenvalue weighted by atomic mass is 32.1. The van der Waals surface area contributed by atoms with Crippen LogP contribution in [0.25, 0.3) is 0 Å². The number of nitrogens with zero attached hydrogens (tertiary/aromatic N) is 1. The van der Waals surface area contributed by atoms with E-state index in [-0.39, 0.29) is 24.1 Å². The van der Waals surface area contributed by atoms with E-state index in [4.69, 9.17) is 4.74 Å². The minimum atomic E-state index is -0.673. The van der Waals surface area contributed by atoms with Gasteiger partial charge < -0.3 is 20.3 Å². The maximum Gasteiger partial charge on any atom is 0.255 e. The number of nitrogens with one attached hydrogen (secondary N) is 2. The first-order chi connectivity index (χ1) is 14.9. The van der Waals surface area contributed by atoms with E-state index in [9.17, 15) is 14.4 Å². The number of ether oxygens (including phenoxy) is 1. The Bertz CT molecular complexity index is 991. The molecule has 2 N–H and O–H groups in total. The van der Waals surface area contributed by atoms with E-state index in [1.807, 2.05) is 42.6 Å². The summed E-state index contributed by atoms with van der Waals surface area (Å²) in [6.45, 7) is 4.87. The Morgan fingerprint density at radius 1 is 1.32 bits per heavy atom. The highest BCUT2D eigenvalue weighted by Crippen LogP contribution is 2.34. The number of amides is 3. The number of hydrogen-bond acceptors (Lipinski definition) is 5. The fourth-order valence-electron chi connectivity index (χ4n) is 4.13. The number of hydrogen-bond donors (Lipinski definition) is 2. The van der Waals surface area contributed by atoms with E-state index in [1.54, 1.807) is 23.2 Å². The van der Waals surface area contributed by atoms with Crippen LogP contribution in [0.15, 0.2) is 35.7 Å². The van der Waals surface area contributed by atoms with Crippen LogP contribution in [0.1, 0.15) is 47.0 Å². The zero-order valence-corrected chi connectivity index (χ0v) is 18.6. The van der Waals surface area contributed by atoms with Gasteiger partial charge in [-0.15, -0.1) is 11.3 Å². The Morgan fingerprint density at radius 2 is 2.16 bits per heavy atom. The molecule has 31 heavy (non-hydrogen) atoms. The van der Waals surface area contributed by atoms with Gasteiger partial charge in [0.15, 0.2) is 0 Å². The molecule has 2 unspecified atom stereocenters. The first-order valence-corrected chi connectivity index (χ1v) is 11.4. The molecule has 0 bridgehead atoms. The lowest BCUT2D eigenvalue weighted by Crippen LogP contribution is -2.49. The molecular formula is C23H27N3O4S. The van der Waals surface area contributed by atoms with Crippen molar-refractivity contribution >= 4 is 29.1 Å². The molecule has 1 spiro atoms. The van der Waals surface area contributed by atoms with Gasteiger partial charge in [0.25, 0.3) is 5.91 Å². The molecule has 3 amide bonds. The molecule has 164 valence electrons. The van der Waals surface area contributed by atoms with E-state index >= 15 is 0 Å². The van der Waals surface area contributed by atoms with Gasteiger partial charge in [0.1, 0.15) is 17.4 Å². The third kappa shape index (κ3) is 4.58. The third-order valence-corrected chi connectivity index (χ3v) is 6.94. The molecule has 2 aromatic rings. The van der Waals surface area contributed by atoms with E-state index in [2.05, 4.69) is 10.6 Å². The summed E-state index contributed by atoms with van der Waals surface area (Å²) in [6.07, 6.45) is 1.29. The van der Waals surface area contributed by atoms with Crippen molar-refractivity contribution in [3.63, 3.8) is 0 Å². The molecule has 4 rings (SSSR count). The second-order valence-electron chi connectivity index (χ2n) is 8.28. The second kappa shape index (κ2) is 8.70. The quantitative estimate of drug-likeness (QED) is 0.764. The normalized spacial score (nSPS) is 22.1. The molecule has 2 aliphatic heterocycles. The minimum Gasteiger partial charge on any atom is -0.485 e. The van der Waals surface area contributed by atoms with Crippen molar-refractivity contribution in [1.82, 2.24) is 15.5 Å². The maximum atomic E-state index is 12.9. The number of rotatable bonds is 4. The van der Waals surface area contributed by atoms with Gasteiger partial charge in [0.2, 0.25) is 11.8 Å². The average Bonchev–Trinajstić information content (AvgIpc) is 3.18. The van der Waals surface area contributed by atoms with Gasteiger partial charge in [0.05, 0.1) is 18.7 Å². The Morgan fingerprint density at radius 3 is 2.94 bits per heavy atom. The number of thiophene rings is 1. The van der Waals surface area contributed by atoms with Gasteiger partial charge in [-0.05, 0) is 43.8 Å². The van der Waals surface area contributed by atoms with Crippen LogP contribution < -0.4 is 15.4 Å². The number of carbonyl (C=O) groups excluding carboxylic acids is 3. The van der Waals surface area contributed by atoms with Gasteiger partial charge in [-0.3, -0.25) is 14.4 Å². The molecule has 1 fully saturated rings. The van der Waals surface area contributed by atoms with Crippen molar-refractivity contribution in [3.8, 4) is 5.75 Å². The summed E-state index contributed by atoms with van der Waals surface area (Å²) in [4.78, 5) is 40.8. The van der Waals surface area contributed by atoms with Crippen molar-refractivity contribution in [2.75, 3.05) is 13.1 Å². The van der Waals surface area contributed by atoms with Crippen molar-refractivity contribution in [1.29, 1.82) is 0 Å². The third-order valence-electron chi connectivity index (χ3n) is 6.06. The van der Waals surface area contributed by atoms with Gasteiger partial charge >= 0.3 is 0 Å². The Hall–Kier alpha value is -2.87. The maximum absolute atomic E-state index is 12.9. The van der Waals surface area contributed by atoms with Gasteiger partial charge in [-0.1, -0.05) is 17.7 Å². The summed E-state index contributed by atoms with van der Waals surface area (Å²) in [5, 5.41) is 7.85. The zero-order chi connectivity index (χ0) is 22.0. The smallest absolute Gasteiger partial charge is 0.255 e. The Balaban J connectivity index is 1.46. The number of carbonyl (C=O) groups is 3. The van der Waals surface area contributed by atoms with Crippen LogP contribution in [-0.2, 0) is 16.1 Å². The summed E-state index contributed by atoms with van der Waals surface area (Å²) in [6, 6.07) is 8.89. The first kappa shape index (κ1) is 21.4. The van der Waals surface area contributed by atoms with E-state index < -0.39 is 11.6 Å². The second-order valence-corrected chi connectivity index (χ2v) is 9.31. The molecular weight excluding hydrogens is 414 g/mol. The van der Waals surface area contributed by atoms with E-state index in [0.717, 1.165) is 10.4 Å². The topological polar surface area (TPSA) is 87.7 Å². The van der Waals surface area contributed by atoms with E-state index in [0.29, 0.717) is 43.8 Å². The van der Waals surface area contributed by atoms with Gasteiger partial charge in [-0.25, -0.2) is 0 Å². The molecule has 0 aliphatic carbocycles. The molecule has 7 nitrogen and oxygen atoms in total. The van der Waals surface area contributed by atoms with Crippen molar-refractivity contribution in [3.05, 3.63) is 51.7 Å². The number of fused-ring (bicyclic) bond motifs is 1. The molecule has 2 aliphatic rings. The summed E-state index contributed by atoms with van der Waals surface area (Å²) >= 11 is 1.58. The molecule has 3 heterocycles. The number of likely N-dealkylation sites (tertiary alicyclic amines) is 1. The largest absolute Gasteiger partial charge is 0.485 e. The Labute approximate surface area is 185 Å². The lowest BCUT2D eigenvalue weighted by molar-refractivity contribution is -0.139. The molecule has 1 aromatic heterocycles. The van der Waals surface area contributed by atoms with Crippen LogP contribution in [0.5, 0.6) is 5.75 Å². The average molecular weight is 442 g/mol. The number of benzene rings is 1. The van der Waals surface area contributed by atoms with Crippen LogP contribution in [0, 0.1) is 6.92 Å². The molecule has 0 saturated carbocycles. The molecule has 0 radical (unpaired) electrons. The SMILES string of the molecule is Cc1ccc2c(c1)C(=O)NCC1(CCC(=O)N(C(C)C(=O)NCc3cccs3)CC1)O2. The lowest BCUT2D eigenvalue weighted by atomic mass is 9.94. The predicted molar refractivity (Wildman–Crippen MR) is 118 cm³/mol. The minimum absolute atomic E-state index is 0.0704. The summed E-state index contributed by atoms with van der Waals surface area (Å²) in [5.74, 6) is 0.139. The van der Waals surface area contributed by atoms with Gasteiger partial charge in [-0.2, -0.15) is 0 Å². The first-order valence-electron chi connectivity index (χ1n) is 10.5. The van der Waals surface area contributed by atoms with Crippen molar-refractivity contribution in [2.24, 2.45) is 0 Å². The van der Waals surface area contributed by atoms with Crippen LogP contribution in [0.3, 0.4) is 0 Å². The summed E-state index contributed by atoms with van der Waals surface area (Å²) in [5.41, 5.74) is 0.831. The lowest BCUT2D eigenvalue weighted by Gasteiger charge is -2.32. The zero-order valence-electron chi connectivity index (χ0n) is 17.8. The Kier molecular flexibility index (Phi) is 6.00. The molecule has 2 atom stereocenters. The van der Waals surface area contributed by atoms with Crippen LogP contribution in [0.2, 0.25) is 0 Å². The van der Waals surface area contributed by atoms with E-state index in [1.165, 1.54) is 0 Å². The van der Waals surface area contributed by atoms with Crippen LogP contribution >= 0.6 is 11.3 Å².